The number of rotatable bonds is 7. The largest absolute Gasteiger partial charge is 0.396 e. The van der Waals surface area contributed by atoms with Crippen molar-refractivity contribution in [3.63, 3.8) is 0 Å². The van der Waals surface area contributed by atoms with Gasteiger partial charge < -0.3 is 16.2 Å². The summed E-state index contributed by atoms with van der Waals surface area (Å²) in [5.74, 6) is 0.438. The fourth-order valence-electron chi connectivity index (χ4n) is 1.61. The summed E-state index contributed by atoms with van der Waals surface area (Å²) in [7, 11) is 0. The number of nitrogens with two attached hydrogens (primary N) is 1. The summed E-state index contributed by atoms with van der Waals surface area (Å²) in [4.78, 5) is 11.6. The highest BCUT2D eigenvalue weighted by molar-refractivity contribution is 5.85. The monoisotopic (exact) mass is 214 g/mol. The van der Waals surface area contributed by atoms with Crippen LogP contribution in [0, 0.1) is 11.3 Å². The van der Waals surface area contributed by atoms with Crippen molar-refractivity contribution in [3.05, 3.63) is 0 Å². The average molecular weight is 214 g/mol. The fourth-order valence-corrected chi connectivity index (χ4v) is 1.61. The van der Waals surface area contributed by atoms with Gasteiger partial charge in [-0.25, -0.2) is 0 Å². The van der Waals surface area contributed by atoms with Crippen LogP contribution in [0.4, 0.5) is 0 Å². The summed E-state index contributed by atoms with van der Waals surface area (Å²) in [6.45, 7) is 3.39. The third kappa shape index (κ3) is 3.47. The molecule has 1 unspecified atom stereocenters. The second-order valence-corrected chi connectivity index (χ2v) is 4.67. The molecule has 0 aromatic carbocycles. The third-order valence-electron chi connectivity index (χ3n) is 3.20. The van der Waals surface area contributed by atoms with E-state index in [1.165, 1.54) is 0 Å². The van der Waals surface area contributed by atoms with Gasteiger partial charge >= 0.3 is 0 Å². The lowest BCUT2D eigenvalue weighted by Crippen LogP contribution is -2.37. The highest BCUT2D eigenvalue weighted by Gasteiger charge is 2.48. The van der Waals surface area contributed by atoms with E-state index in [4.69, 9.17) is 10.8 Å². The normalized spacial score (nSPS) is 19.7. The van der Waals surface area contributed by atoms with Gasteiger partial charge in [-0.15, -0.1) is 0 Å². The van der Waals surface area contributed by atoms with Crippen LogP contribution in [0.3, 0.4) is 0 Å². The number of carbonyl (C=O) groups is 1. The van der Waals surface area contributed by atoms with Crippen LogP contribution in [0.1, 0.15) is 32.6 Å². The van der Waals surface area contributed by atoms with Crippen LogP contribution < -0.4 is 11.1 Å². The predicted octanol–water partition coefficient (Wildman–Crippen LogP) is 0.250. The number of carbonyl (C=O) groups excluding carboxylic acids is 1. The molecule has 1 aliphatic rings. The SMILES string of the molecule is CC(CO)CCCNC(=O)C1(CN)CC1. The topological polar surface area (TPSA) is 75.3 Å². The number of hydrogen-bond acceptors (Lipinski definition) is 3. The predicted molar refractivity (Wildman–Crippen MR) is 59.2 cm³/mol. The smallest absolute Gasteiger partial charge is 0.227 e. The molecule has 0 radical (unpaired) electrons. The van der Waals surface area contributed by atoms with Crippen LogP contribution >= 0.6 is 0 Å². The Morgan fingerprint density at radius 3 is 2.73 bits per heavy atom. The zero-order valence-electron chi connectivity index (χ0n) is 9.46. The Hall–Kier alpha value is -0.610. The van der Waals surface area contributed by atoms with Crippen LogP contribution in [0.25, 0.3) is 0 Å². The first-order valence-corrected chi connectivity index (χ1v) is 5.74. The molecular weight excluding hydrogens is 192 g/mol. The van der Waals surface area contributed by atoms with Crippen molar-refractivity contribution in [1.82, 2.24) is 5.32 Å². The maximum Gasteiger partial charge on any atom is 0.227 e. The van der Waals surface area contributed by atoms with E-state index in [2.05, 4.69) is 5.32 Å². The van der Waals surface area contributed by atoms with E-state index in [-0.39, 0.29) is 17.9 Å². The number of amides is 1. The molecule has 0 bridgehead atoms. The molecule has 1 atom stereocenters. The van der Waals surface area contributed by atoms with Gasteiger partial charge in [0.2, 0.25) is 5.91 Å². The highest BCUT2D eigenvalue weighted by atomic mass is 16.3. The Bertz CT molecular complexity index is 215. The molecule has 1 saturated carbocycles. The molecule has 1 amide bonds. The molecule has 0 aromatic rings. The lowest BCUT2D eigenvalue weighted by Gasteiger charge is -2.13. The standard InChI is InChI=1S/C11H22N2O2/c1-9(7-14)3-2-6-13-10(15)11(8-12)4-5-11/h9,14H,2-8,12H2,1H3,(H,13,15). The van der Waals surface area contributed by atoms with Gasteiger partial charge in [0.25, 0.3) is 0 Å². The van der Waals surface area contributed by atoms with E-state index in [9.17, 15) is 4.79 Å². The van der Waals surface area contributed by atoms with Gasteiger partial charge in [0.05, 0.1) is 5.41 Å². The lowest BCUT2D eigenvalue weighted by molar-refractivity contribution is -0.125. The summed E-state index contributed by atoms with van der Waals surface area (Å²) in [6.07, 6.45) is 3.74. The van der Waals surface area contributed by atoms with Crippen molar-refractivity contribution >= 4 is 5.91 Å². The molecular formula is C11H22N2O2. The molecule has 1 rings (SSSR count). The lowest BCUT2D eigenvalue weighted by atomic mass is 10.1. The van der Waals surface area contributed by atoms with Gasteiger partial charge in [0, 0.05) is 19.7 Å². The molecule has 1 aliphatic carbocycles. The van der Waals surface area contributed by atoms with Crippen LogP contribution in [0.5, 0.6) is 0 Å². The Balaban J connectivity index is 2.08. The molecule has 4 nitrogen and oxygen atoms in total. The second kappa shape index (κ2) is 5.47. The van der Waals surface area contributed by atoms with Crippen molar-refractivity contribution < 1.29 is 9.90 Å². The Morgan fingerprint density at radius 2 is 2.27 bits per heavy atom. The first-order valence-electron chi connectivity index (χ1n) is 5.74. The summed E-state index contributed by atoms with van der Waals surface area (Å²) >= 11 is 0. The zero-order valence-corrected chi connectivity index (χ0v) is 9.46. The van der Waals surface area contributed by atoms with E-state index in [0.717, 1.165) is 25.7 Å². The molecule has 4 N–H and O–H groups in total. The van der Waals surface area contributed by atoms with Crippen LogP contribution in [-0.4, -0.2) is 30.7 Å². The number of aliphatic hydroxyl groups is 1. The van der Waals surface area contributed by atoms with E-state index in [1.54, 1.807) is 0 Å². The van der Waals surface area contributed by atoms with E-state index >= 15 is 0 Å². The summed E-state index contributed by atoms with van der Waals surface area (Å²) in [6, 6.07) is 0. The number of nitrogens with one attached hydrogen (secondary N) is 1. The number of aliphatic hydroxyl groups excluding tert-OH is 1. The molecule has 0 aliphatic heterocycles. The van der Waals surface area contributed by atoms with Crippen molar-refractivity contribution in [2.75, 3.05) is 19.7 Å². The van der Waals surface area contributed by atoms with Gasteiger partial charge in [-0.1, -0.05) is 6.92 Å². The molecule has 15 heavy (non-hydrogen) atoms. The molecule has 0 aromatic heterocycles. The first kappa shape index (κ1) is 12.5. The van der Waals surface area contributed by atoms with Crippen molar-refractivity contribution in [2.24, 2.45) is 17.1 Å². The average Bonchev–Trinajstić information content (AvgIpc) is 3.04. The minimum Gasteiger partial charge on any atom is -0.396 e. The van der Waals surface area contributed by atoms with Gasteiger partial charge in [-0.2, -0.15) is 0 Å². The maximum atomic E-state index is 11.6. The summed E-state index contributed by atoms with van der Waals surface area (Å²) in [5, 5.41) is 11.7. The Labute approximate surface area is 91.2 Å². The molecule has 0 saturated heterocycles. The number of hydrogen-bond donors (Lipinski definition) is 3. The van der Waals surface area contributed by atoms with Gasteiger partial charge in [-0.05, 0) is 31.6 Å². The molecule has 1 fully saturated rings. The van der Waals surface area contributed by atoms with Crippen LogP contribution in [-0.2, 0) is 4.79 Å². The Morgan fingerprint density at radius 1 is 1.60 bits per heavy atom. The van der Waals surface area contributed by atoms with E-state index < -0.39 is 0 Å². The second-order valence-electron chi connectivity index (χ2n) is 4.67. The van der Waals surface area contributed by atoms with Gasteiger partial charge in [0.1, 0.15) is 0 Å². The molecule has 88 valence electrons. The zero-order chi connectivity index (χ0) is 11.3. The molecule has 4 heteroatoms. The van der Waals surface area contributed by atoms with Gasteiger partial charge in [-0.3, -0.25) is 4.79 Å². The van der Waals surface area contributed by atoms with Crippen molar-refractivity contribution in [2.45, 2.75) is 32.6 Å². The van der Waals surface area contributed by atoms with Gasteiger partial charge in [0.15, 0.2) is 0 Å². The Kier molecular flexibility index (Phi) is 4.54. The van der Waals surface area contributed by atoms with Crippen LogP contribution in [0.2, 0.25) is 0 Å². The summed E-state index contributed by atoms with van der Waals surface area (Å²) in [5.41, 5.74) is 5.32. The van der Waals surface area contributed by atoms with Crippen molar-refractivity contribution in [1.29, 1.82) is 0 Å². The summed E-state index contributed by atoms with van der Waals surface area (Å²) < 4.78 is 0. The van der Waals surface area contributed by atoms with Crippen LogP contribution in [0.15, 0.2) is 0 Å². The maximum absolute atomic E-state index is 11.6. The minimum absolute atomic E-state index is 0.113. The quantitative estimate of drug-likeness (QED) is 0.532. The first-order chi connectivity index (χ1) is 7.14. The highest BCUT2D eigenvalue weighted by Crippen LogP contribution is 2.44. The molecule has 0 spiro atoms. The minimum atomic E-state index is -0.234. The fraction of sp³-hybridized carbons (Fsp3) is 0.909. The van der Waals surface area contributed by atoms with E-state index in [0.29, 0.717) is 19.0 Å². The van der Waals surface area contributed by atoms with E-state index in [1.807, 2.05) is 6.92 Å². The molecule has 0 heterocycles. The van der Waals surface area contributed by atoms with Crippen molar-refractivity contribution in [3.8, 4) is 0 Å². The third-order valence-corrected chi connectivity index (χ3v) is 3.20.